The standard InChI is InChI=1S/C19H29NO4/c1-12(2)7-14-11-20-6-5-13-8-18(22-3)19(23-4)9-15(13)16(20)10-17(14)24-21/h8-9,12,14,16-17,21H,5-7,10-11H2,1-4H3. The fourth-order valence-electron chi connectivity index (χ4n) is 4.37. The summed E-state index contributed by atoms with van der Waals surface area (Å²) in [6.07, 6.45) is 2.81. The van der Waals surface area contributed by atoms with Crippen LogP contribution < -0.4 is 9.47 Å². The van der Waals surface area contributed by atoms with Crippen molar-refractivity contribution in [1.82, 2.24) is 4.90 Å². The summed E-state index contributed by atoms with van der Waals surface area (Å²) in [5.41, 5.74) is 2.59. The Balaban J connectivity index is 1.89. The van der Waals surface area contributed by atoms with E-state index in [1.165, 1.54) is 11.1 Å². The molecule has 1 saturated heterocycles. The molecule has 5 nitrogen and oxygen atoms in total. The third kappa shape index (κ3) is 3.25. The van der Waals surface area contributed by atoms with Crippen LogP contribution in [0, 0.1) is 11.8 Å². The van der Waals surface area contributed by atoms with Gasteiger partial charge in [0.2, 0.25) is 0 Å². The van der Waals surface area contributed by atoms with Crippen LogP contribution in [0.2, 0.25) is 0 Å². The summed E-state index contributed by atoms with van der Waals surface area (Å²) in [6.45, 7) is 6.47. The third-order valence-electron chi connectivity index (χ3n) is 5.47. The number of hydrogen-bond donors (Lipinski definition) is 1. The Bertz CT molecular complexity index is 575. The van der Waals surface area contributed by atoms with Crippen molar-refractivity contribution in [2.45, 2.75) is 45.3 Å². The van der Waals surface area contributed by atoms with Gasteiger partial charge in [-0.2, -0.15) is 0 Å². The number of piperidine rings is 1. The van der Waals surface area contributed by atoms with Crippen molar-refractivity contribution in [2.75, 3.05) is 27.3 Å². The molecule has 1 fully saturated rings. The first kappa shape index (κ1) is 17.5. The van der Waals surface area contributed by atoms with Crippen LogP contribution in [0.1, 0.15) is 43.9 Å². The molecule has 1 aromatic rings. The second-order valence-electron chi connectivity index (χ2n) is 7.44. The van der Waals surface area contributed by atoms with Crippen molar-refractivity contribution < 1.29 is 19.6 Å². The molecule has 3 atom stereocenters. The van der Waals surface area contributed by atoms with Crippen LogP contribution in [0.4, 0.5) is 0 Å². The van der Waals surface area contributed by atoms with Crippen LogP contribution in [-0.4, -0.2) is 43.6 Å². The summed E-state index contributed by atoms with van der Waals surface area (Å²) in [5.74, 6) is 2.54. The molecule has 0 bridgehead atoms. The highest BCUT2D eigenvalue weighted by Crippen LogP contribution is 2.44. The lowest BCUT2D eigenvalue weighted by Gasteiger charge is -2.46. The van der Waals surface area contributed by atoms with Crippen molar-refractivity contribution in [1.29, 1.82) is 0 Å². The molecule has 134 valence electrons. The van der Waals surface area contributed by atoms with E-state index in [9.17, 15) is 5.26 Å². The topological polar surface area (TPSA) is 51.2 Å². The molecular formula is C19H29NO4. The minimum absolute atomic E-state index is 0.104. The van der Waals surface area contributed by atoms with Gasteiger partial charge in [0.1, 0.15) is 0 Å². The lowest BCUT2D eigenvalue weighted by atomic mass is 9.79. The number of ether oxygens (including phenoxy) is 2. The molecule has 2 aliphatic heterocycles. The maximum atomic E-state index is 9.43. The maximum Gasteiger partial charge on any atom is 0.161 e. The van der Waals surface area contributed by atoms with Gasteiger partial charge in [-0.15, -0.1) is 0 Å². The van der Waals surface area contributed by atoms with E-state index in [1.807, 2.05) is 0 Å². The van der Waals surface area contributed by atoms with E-state index in [1.54, 1.807) is 14.2 Å². The van der Waals surface area contributed by atoms with Gasteiger partial charge in [0.25, 0.3) is 0 Å². The number of methoxy groups -OCH3 is 2. The van der Waals surface area contributed by atoms with Crippen LogP contribution in [-0.2, 0) is 11.3 Å². The zero-order valence-electron chi connectivity index (χ0n) is 15.1. The monoisotopic (exact) mass is 335 g/mol. The highest BCUT2D eigenvalue weighted by Gasteiger charge is 2.40. The van der Waals surface area contributed by atoms with Gasteiger partial charge in [0, 0.05) is 25.0 Å². The van der Waals surface area contributed by atoms with Crippen molar-refractivity contribution in [3.8, 4) is 11.5 Å². The first-order valence-electron chi connectivity index (χ1n) is 8.86. The molecule has 1 N–H and O–H groups in total. The summed E-state index contributed by atoms with van der Waals surface area (Å²) in [6, 6.07) is 4.47. The molecule has 24 heavy (non-hydrogen) atoms. The zero-order valence-corrected chi connectivity index (χ0v) is 15.1. The van der Waals surface area contributed by atoms with E-state index in [2.05, 4.69) is 30.9 Å². The molecular weight excluding hydrogens is 306 g/mol. The number of rotatable bonds is 5. The van der Waals surface area contributed by atoms with Crippen LogP contribution in [0.15, 0.2) is 12.1 Å². The second kappa shape index (κ2) is 7.30. The molecule has 2 aliphatic rings. The molecule has 0 saturated carbocycles. The van der Waals surface area contributed by atoms with Gasteiger partial charge < -0.3 is 9.47 Å². The highest BCUT2D eigenvalue weighted by molar-refractivity contribution is 5.49. The van der Waals surface area contributed by atoms with Gasteiger partial charge in [-0.1, -0.05) is 13.8 Å². The van der Waals surface area contributed by atoms with Crippen LogP contribution in [0.25, 0.3) is 0 Å². The molecule has 5 heteroatoms. The molecule has 0 radical (unpaired) electrons. The molecule has 1 aromatic carbocycles. The number of hydrogen-bond acceptors (Lipinski definition) is 5. The van der Waals surface area contributed by atoms with Crippen molar-refractivity contribution in [3.63, 3.8) is 0 Å². The van der Waals surface area contributed by atoms with Gasteiger partial charge in [-0.05, 0) is 48.4 Å². The summed E-state index contributed by atoms with van der Waals surface area (Å²) in [4.78, 5) is 7.43. The number of benzene rings is 1. The molecule has 2 heterocycles. The fourth-order valence-corrected chi connectivity index (χ4v) is 4.37. The van der Waals surface area contributed by atoms with E-state index in [4.69, 9.17) is 14.4 Å². The predicted octanol–water partition coefficient (Wildman–Crippen LogP) is 3.53. The Labute approximate surface area is 144 Å². The van der Waals surface area contributed by atoms with Crippen molar-refractivity contribution >= 4 is 0 Å². The van der Waals surface area contributed by atoms with E-state index < -0.39 is 0 Å². The third-order valence-corrected chi connectivity index (χ3v) is 5.47. The van der Waals surface area contributed by atoms with Crippen molar-refractivity contribution in [3.05, 3.63) is 23.3 Å². The van der Waals surface area contributed by atoms with Gasteiger partial charge in [0.05, 0.1) is 20.3 Å². The smallest absolute Gasteiger partial charge is 0.161 e. The van der Waals surface area contributed by atoms with Gasteiger partial charge in [0.15, 0.2) is 11.5 Å². The Morgan fingerprint density at radius 3 is 2.54 bits per heavy atom. The zero-order chi connectivity index (χ0) is 17.3. The van der Waals surface area contributed by atoms with E-state index in [0.717, 1.165) is 43.9 Å². The van der Waals surface area contributed by atoms with E-state index in [0.29, 0.717) is 11.8 Å². The molecule has 0 spiro atoms. The van der Waals surface area contributed by atoms with Gasteiger partial charge in [-0.25, -0.2) is 4.89 Å². The summed E-state index contributed by atoms with van der Waals surface area (Å²) in [7, 11) is 3.34. The Morgan fingerprint density at radius 1 is 1.21 bits per heavy atom. The quantitative estimate of drug-likeness (QED) is 0.659. The number of nitrogens with zero attached hydrogens (tertiary/aromatic N) is 1. The van der Waals surface area contributed by atoms with Crippen LogP contribution >= 0.6 is 0 Å². The predicted molar refractivity (Wildman–Crippen MR) is 92.6 cm³/mol. The lowest BCUT2D eigenvalue weighted by molar-refractivity contribution is -0.302. The summed E-state index contributed by atoms with van der Waals surface area (Å²) >= 11 is 0. The van der Waals surface area contributed by atoms with Gasteiger partial charge >= 0.3 is 0 Å². The normalized spacial score (nSPS) is 26.8. The SMILES string of the molecule is COc1cc2c(cc1OC)C1CC(OO)C(CC(C)C)CN1CC2. The fraction of sp³-hybridized carbons (Fsp3) is 0.684. The van der Waals surface area contributed by atoms with Crippen molar-refractivity contribution in [2.24, 2.45) is 11.8 Å². The first-order valence-corrected chi connectivity index (χ1v) is 8.86. The molecule has 0 aliphatic carbocycles. The Morgan fingerprint density at radius 2 is 1.92 bits per heavy atom. The Hall–Kier alpha value is -1.30. The molecule has 0 aromatic heterocycles. The van der Waals surface area contributed by atoms with E-state index in [-0.39, 0.29) is 12.1 Å². The number of fused-ring (bicyclic) bond motifs is 3. The minimum Gasteiger partial charge on any atom is -0.493 e. The Kier molecular flexibility index (Phi) is 5.33. The largest absolute Gasteiger partial charge is 0.493 e. The second-order valence-corrected chi connectivity index (χ2v) is 7.44. The average molecular weight is 335 g/mol. The first-order chi connectivity index (χ1) is 11.6. The minimum atomic E-state index is -0.104. The molecule has 0 amide bonds. The van der Waals surface area contributed by atoms with Crippen LogP contribution in [0.5, 0.6) is 11.5 Å². The van der Waals surface area contributed by atoms with E-state index >= 15 is 0 Å². The average Bonchev–Trinajstić information content (AvgIpc) is 2.59. The summed E-state index contributed by atoms with van der Waals surface area (Å²) in [5, 5.41) is 9.43. The maximum absolute atomic E-state index is 9.43. The summed E-state index contributed by atoms with van der Waals surface area (Å²) < 4.78 is 10.9. The highest BCUT2D eigenvalue weighted by atomic mass is 17.1. The lowest BCUT2D eigenvalue weighted by Crippen LogP contribution is -2.48. The molecule has 3 rings (SSSR count). The molecule has 3 unspecified atom stereocenters. The van der Waals surface area contributed by atoms with Gasteiger partial charge in [-0.3, -0.25) is 10.2 Å². The van der Waals surface area contributed by atoms with Crippen LogP contribution in [0.3, 0.4) is 0 Å².